The first-order valence-corrected chi connectivity index (χ1v) is 4.45. The van der Waals surface area contributed by atoms with Crippen molar-refractivity contribution < 1.29 is 0 Å². The van der Waals surface area contributed by atoms with E-state index in [2.05, 4.69) is 37.8 Å². The molecule has 0 fully saturated rings. The van der Waals surface area contributed by atoms with E-state index in [0.29, 0.717) is 5.92 Å². The van der Waals surface area contributed by atoms with Gasteiger partial charge in [-0.15, -0.1) is 0 Å². The minimum atomic E-state index is 0.595. The summed E-state index contributed by atoms with van der Waals surface area (Å²) in [5.41, 5.74) is 1.22. The Morgan fingerprint density at radius 2 is 2.45 bits per heavy atom. The van der Waals surface area contributed by atoms with E-state index in [-0.39, 0.29) is 0 Å². The Kier molecular flexibility index (Phi) is 3.00. The van der Waals surface area contributed by atoms with Crippen molar-refractivity contribution in [2.75, 3.05) is 5.75 Å². The van der Waals surface area contributed by atoms with Crippen molar-refractivity contribution in [1.82, 2.24) is 9.78 Å². The largest absolute Gasteiger partial charge is 0.272 e. The minimum Gasteiger partial charge on any atom is -0.272 e. The number of hydrogen-bond acceptors (Lipinski definition) is 2. The molecule has 0 saturated heterocycles. The van der Waals surface area contributed by atoms with Crippen LogP contribution in [0.25, 0.3) is 0 Å². The maximum Gasteiger partial charge on any atom is 0.0518 e. The van der Waals surface area contributed by atoms with Crippen LogP contribution in [0.1, 0.15) is 12.5 Å². The van der Waals surface area contributed by atoms with Gasteiger partial charge in [0, 0.05) is 12.7 Å². The number of aromatic nitrogens is 2. The highest BCUT2D eigenvalue weighted by atomic mass is 32.1. The summed E-state index contributed by atoms with van der Waals surface area (Å²) in [5.74, 6) is 1.51. The molecule has 0 bridgehead atoms. The number of nitrogens with zero attached hydrogens (tertiary/aromatic N) is 2. The molecule has 0 aliphatic carbocycles. The molecule has 0 radical (unpaired) electrons. The summed E-state index contributed by atoms with van der Waals surface area (Å²) in [6.45, 7) is 5.19. The van der Waals surface area contributed by atoms with Gasteiger partial charge in [0.25, 0.3) is 0 Å². The maximum atomic E-state index is 4.21. The summed E-state index contributed by atoms with van der Waals surface area (Å²) >= 11 is 4.21. The Hall–Kier alpha value is -0.440. The van der Waals surface area contributed by atoms with E-state index < -0.39 is 0 Å². The molecule has 0 saturated carbocycles. The zero-order chi connectivity index (χ0) is 8.27. The lowest BCUT2D eigenvalue weighted by molar-refractivity contribution is 0.490. The molecule has 1 aromatic rings. The van der Waals surface area contributed by atoms with Gasteiger partial charge in [-0.25, -0.2) is 0 Å². The van der Waals surface area contributed by atoms with Crippen LogP contribution in [0.3, 0.4) is 0 Å². The van der Waals surface area contributed by atoms with E-state index >= 15 is 0 Å². The van der Waals surface area contributed by atoms with Crippen LogP contribution >= 0.6 is 12.6 Å². The summed E-state index contributed by atoms with van der Waals surface area (Å²) in [5, 5.41) is 4.19. The van der Waals surface area contributed by atoms with Gasteiger partial charge in [-0.2, -0.15) is 17.7 Å². The summed E-state index contributed by atoms with van der Waals surface area (Å²) in [6.07, 6.45) is 3.94. The van der Waals surface area contributed by atoms with E-state index in [1.54, 1.807) is 0 Å². The lowest BCUT2D eigenvalue weighted by Gasteiger charge is -2.06. The zero-order valence-electron chi connectivity index (χ0n) is 6.99. The normalized spacial score (nSPS) is 13.4. The fourth-order valence-electron chi connectivity index (χ4n) is 0.944. The van der Waals surface area contributed by atoms with Crippen molar-refractivity contribution >= 4 is 12.6 Å². The van der Waals surface area contributed by atoms with Crippen molar-refractivity contribution in [3.05, 3.63) is 18.0 Å². The molecular formula is C8H14N2S. The van der Waals surface area contributed by atoms with Crippen LogP contribution in [0.4, 0.5) is 0 Å². The van der Waals surface area contributed by atoms with Crippen LogP contribution in [-0.2, 0) is 6.54 Å². The second kappa shape index (κ2) is 3.81. The quantitative estimate of drug-likeness (QED) is 0.684. The molecule has 3 heteroatoms. The lowest BCUT2D eigenvalue weighted by atomic mass is 10.2. The van der Waals surface area contributed by atoms with Crippen LogP contribution in [0.15, 0.2) is 12.4 Å². The van der Waals surface area contributed by atoms with E-state index in [9.17, 15) is 0 Å². The van der Waals surface area contributed by atoms with E-state index in [1.807, 2.05) is 10.9 Å². The minimum absolute atomic E-state index is 0.595. The molecule has 1 rings (SSSR count). The third-order valence-electron chi connectivity index (χ3n) is 1.57. The number of thiol groups is 1. The Balaban J connectivity index is 2.50. The Morgan fingerprint density at radius 1 is 1.73 bits per heavy atom. The molecule has 1 unspecified atom stereocenters. The topological polar surface area (TPSA) is 17.8 Å². The molecule has 1 aromatic heterocycles. The Bertz CT molecular complexity index is 220. The van der Waals surface area contributed by atoms with E-state index in [4.69, 9.17) is 0 Å². The maximum absolute atomic E-state index is 4.21. The highest BCUT2D eigenvalue weighted by Gasteiger charge is 2.00. The highest BCUT2D eigenvalue weighted by Crippen LogP contribution is 2.02. The third kappa shape index (κ3) is 2.58. The molecule has 0 N–H and O–H groups in total. The van der Waals surface area contributed by atoms with Crippen LogP contribution in [0, 0.1) is 12.8 Å². The molecule has 2 nitrogen and oxygen atoms in total. The van der Waals surface area contributed by atoms with Gasteiger partial charge in [0.1, 0.15) is 0 Å². The van der Waals surface area contributed by atoms with Crippen molar-refractivity contribution in [2.45, 2.75) is 20.4 Å². The third-order valence-corrected chi connectivity index (χ3v) is 2.20. The van der Waals surface area contributed by atoms with E-state index in [1.165, 1.54) is 5.56 Å². The van der Waals surface area contributed by atoms with Crippen LogP contribution < -0.4 is 0 Å². The van der Waals surface area contributed by atoms with Gasteiger partial charge >= 0.3 is 0 Å². The first kappa shape index (κ1) is 8.65. The predicted molar refractivity (Wildman–Crippen MR) is 50.0 cm³/mol. The van der Waals surface area contributed by atoms with Crippen molar-refractivity contribution in [2.24, 2.45) is 5.92 Å². The first-order chi connectivity index (χ1) is 5.22. The Labute approximate surface area is 73.0 Å². The number of rotatable bonds is 3. The molecule has 11 heavy (non-hydrogen) atoms. The van der Waals surface area contributed by atoms with Crippen molar-refractivity contribution in [1.29, 1.82) is 0 Å². The SMILES string of the molecule is Cc1cnn(CC(C)CS)c1. The fourth-order valence-corrected chi connectivity index (χ4v) is 1.06. The van der Waals surface area contributed by atoms with Crippen molar-refractivity contribution in [3.63, 3.8) is 0 Å². The summed E-state index contributed by atoms with van der Waals surface area (Å²) in [7, 11) is 0. The first-order valence-electron chi connectivity index (χ1n) is 3.82. The molecule has 0 aliphatic rings. The van der Waals surface area contributed by atoms with Gasteiger partial charge in [-0.1, -0.05) is 6.92 Å². The summed E-state index contributed by atoms with van der Waals surface area (Å²) < 4.78 is 1.97. The zero-order valence-corrected chi connectivity index (χ0v) is 7.88. The van der Waals surface area contributed by atoms with Crippen LogP contribution in [-0.4, -0.2) is 15.5 Å². The standard InChI is InChI=1S/C8H14N2S/c1-7-3-9-10(4-7)5-8(2)6-11/h3-4,8,11H,5-6H2,1-2H3. The Morgan fingerprint density at radius 3 is 2.91 bits per heavy atom. The van der Waals surface area contributed by atoms with Gasteiger partial charge in [0.2, 0.25) is 0 Å². The second-order valence-electron chi connectivity index (χ2n) is 3.03. The molecule has 0 spiro atoms. The van der Waals surface area contributed by atoms with Gasteiger partial charge < -0.3 is 0 Å². The summed E-state index contributed by atoms with van der Waals surface area (Å²) in [4.78, 5) is 0. The van der Waals surface area contributed by atoms with Gasteiger partial charge in [-0.3, -0.25) is 4.68 Å². The lowest BCUT2D eigenvalue weighted by Crippen LogP contribution is -2.08. The predicted octanol–water partition coefficient (Wildman–Crippen LogP) is 1.76. The van der Waals surface area contributed by atoms with Gasteiger partial charge in [-0.05, 0) is 24.2 Å². The van der Waals surface area contributed by atoms with Gasteiger partial charge in [0.05, 0.1) is 6.20 Å². The van der Waals surface area contributed by atoms with Crippen molar-refractivity contribution in [3.8, 4) is 0 Å². The number of hydrogen-bond donors (Lipinski definition) is 1. The second-order valence-corrected chi connectivity index (χ2v) is 3.39. The monoisotopic (exact) mass is 170 g/mol. The van der Waals surface area contributed by atoms with Gasteiger partial charge in [0.15, 0.2) is 0 Å². The number of aryl methyl sites for hydroxylation is 1. The molecular weight excluding hydrogens is 156 g/mol. The fraction of sp³-hybridized carbons (Fsp3) is 0.625. The molecule has 0 amide bonds. The molecule has 0 aromatic carbocycles. The highest BCUT2D eigenvalue weighted by molar-refractivity contribution is 7.80. The average molecular weight is 170 g/mol. The molecule has 1 heterocycles. The van der Waals surface area contributed by atoms with Crippen LogP contribution in [0.5, 0.6) is 0 Å². The van der Waals surface area contributed by atoms with E-state index in [0.717, 1.165) is 12.3 Å². The van der Waals surface area contributed by atoms with Crippen LogP contribution in [0.2, 0.25) is 0 Å². The summed E-state index contributed by atoms with van der Waals surface area (Å²) in [6, 6.07) is 0. The smallest absolute Gasteiger partial charge is 0.0518 e. The molecule has 0 aliphatic heterocycles. The molecule has 1 atom stereocenters. The average Bonchev–Trinajstić information content (AvgIpc) is 2.35. The molecule has 62 valence electrons.